The Morgan fingerprint density at radius 1 is 1.77 bits per heavy atom. The lowest BCUT2D eigenvalue weighted by molar-refractivity contribution is 0.0953. The van der Waals surface area contributed by atoms with E-state index in [9.17, 15) is 4.79 Å². The highest BCUT2D eigenvalue weighted by molar-refractivity contribution is 7.98. The second-order valence-electron chi connectivity index (χ2n) is 2.52. The minimum atomic E-state index is -0.123. The number of nitrogens with zero attached hydrogens (tertiary/aromatic N) is 1. The Morgan fingerprint density at radius 2 is 2.62 bits per heavy atom. The Labute approximate surface area is 81.1 Å². The zero-order valence-electron chi connectivity index (χ0n) is 7.45. The second kappa shape index (κ2) is 5.64. The van der Waals surface area contributed by atoms with Crippen molar-refractivity contribution in [1.82, 2.24) is 10.5 Å². The summed E-state index contributed by atoms with van der Waals surface area (Å²) < 4.78 is 4.55. The first-order valence-corrected chi connectivity index (χ1v) is 5.40. The highest BCUT2D eigenvalue weighted by Gasteiger charge is 2.05. The topological polar surface area (TPSA) is 55.1 Å². The first-order chi connectivity index (χ1) is 6.34. The van der Waals surface area contributed by atoms with E-state index in [-0.39, 0.29) is 5.91 Å². The van der Waals surface area contributed by atoms with Crippen LogP contribution in [0.15, 0.2) is 17.0 Å². The number of rotatable bonds is 5. The third kappa shape index (κ3) is 3.50. The summed E-state index contributed by atoms with van der Waals surface area (Å²) in [4.78, 5) is 11.3. The van der Waals surface area contributed by atoms with E-state index in [4.69, 9.17) is 0 Å². The highest BCUT2D eigenvalue weighted by Crippen LogP contribution is 1.97. The molecule has 72 valence electrons. The average molecular weight is 200 g/mol. The van der Waals surface area contributed by atoms with Gasteiger partial charge in [0.1, 0.15) is 6.26 Å². The van der Waals surface area contributed by atoms with E-state index in [1.165, 1.54) is 12.5 Å². The number of aromatic nitrogens is 1. The standard InChI is InChI=1S/C8H12N2O2S/c1-13-4-2-3-9-8(11)7-5-10-12-6-7/h5-6H,2-4H2,1H3,(H,9,11). The minimum absolute atomic E-state index is 0.123. The molecule has 0 radical (unpaired) electrons. The van der Waals surface area contributed by atoms with E-state index in [1.807, 2.05) is 6.26 Å². The Bertz CT molecular complexity index is 249. The van der Waals surface area contributed by atoms with Gasteiger partial charge < -0.3 is 9.84 Å². The molecule has 1 aromatic heterocycles. The van der Waals surface area contributed by atoms with Crippen LogP contribution in [0.4, 0.5) is 0 Å². The lowest BCUT2D eigenvalue weighted by Crippen LogP contribution is -2.24. The molecule has 1 aromatic rings. The first-order valence-electron chi connectivity index (χ1n) is 4.01. The molecule has 0 saturated carbocycles. The summed E-state index contributed by atoms with van der Waals surface area (Å²) in [6.07, 6.45) is 5.77. The fourth-order valence-corrected chi connectivity index (χ4v) is 1.27. The summed E-state index contributed by atoms with van der Waals surface area (Å²) in [6.45, 7) is 0.699. The van der Waals surface area contributed by atoms with Gasteiger partial charge in [0.15, 0.2) is 0 Å². The zero-order chi connectivity index (χ0) is 9.52. The smallest absolute Gasteiger partial charge is 0.256 e. The van der Waals surface area contributed by atoms with Gasteiger partial charge in [-0.1, -0.05) is 5.16 Å². The number of hydrogen-bond acceptors (Lipinski definition) is 4. The lowest BCUT2D eigenvalue weighted by Gasteiger charge is -2.00. The molecule has 0 unspecified atom stereocenters. The Balaban J connectivity index is 2.19. The summed E-state index contributed by atoms with van der Waals surface area (Å²) >= 11 is 1.77. The maximum Gasteiger partial charge on any atom is 0.256 e. The van der Waals surface area contributed by atoms with Crippen molar-refractivity contribution >= 4 is 17.7 Å². The number of nitrogens with one attached hydrogen (secondary N) is 1. The molecule has 0 aliphatic rings. The van der Waals surface area contributed by atoms with Crippen LogP contribution in [0.1, 0.15) is 16.8 Å². The second-order valence-corrected chi connectivity index (χ2v) is 3.50. The summed E-state index contributed by atoms with van der Waals surface area (Å²) in [5.41, 5.74) is 0.476. The molecule has 0 aromatic carbocycles. The van der Waals surface area contributed by atoms with Crippen LogP contribution in [-0.2, 0) is 0 Å². The van der Waals surface area contributed by atoms with E-state index in [1.54, 1.807) is 11.8 Å². The number of thioether (sulfide) groups is 1. The molecule has 4 nitrogen and oxygen atoms in total. The van der Waals surface area contributed by atoms with Gasteiger partial charge in [0, 0.05) is 6.54 Å². The van der Waals surface area contributed by atoms with Crippen molar-refractivity contribution in [3.05, 3.63) is 18.0 Å². The van der Waals surface area contributed by atoms with Gasteiger partial charge in [-0.15, -0.1) is 0 Å². The van der Waals surface area contributed by atoms with Gasteiger partial charge in [0.2, 0.25) is 0 Å². The normalized spacial score (nSPS) is 9.92. The van der Waals surface area contributed by atoms with Crippen LogP contribution >= 0.6 is 11.8 Å². The van der Waals surface area contributed by atoms with E-state index in [0.717, 1.165) is 12.2 Å². The maximum atomic E-state index is 11.3. The van der Waals surface area contributed by atoms with E-state index >= 15 is 0 Å². The zero-order valence-corrected chi connectivity index (χ0v) is 8.26. The van der Waals surface area contributed by atoms with Crippen LogP contribution < -0.4 is 5.32 Å². The lowest BCUT2D eigenvalue weighted by atomic mass is 10.3. The Hall–Kier alpha value is -0.970. The summed E-state index contributed by atoms with van der Waals surface area (Å²) in [5, 5.41) is 6.22. The van der Waals surface area contributed by atoms with Crippen molar-refractivity contribution in [3.63, 3.8) is 0 Å². The van der Waals surface area contributed by atoms with Crippen LogP contribution in [0, 0.1) is 0 Å². The van der Waals surface area contributed by atoms with Gasteiger partial charge in [-0.2, -0.15) is 11.8 Å². The van der Waals surface area contributed by atoms with Crippen molar-refractivity contribution in [3.8, 4) is 0 Å². The third-order valence-corrected chi connectivity index (χ3v) is 2.20. The summed E-state index contributed by atoms with van der Waals surface area (Å²) in [7, 11) is 0. The predicted octanol–water partition coefficient (Wildman–Crippen LogP) is 1.16. The van der Waals surface area contributed by atoms with Crippen LogP contribution in [0.3, 0.4) is 0 Å². The van der Waals surface area contributed by atoms with Crippen molar-refractivity contribution < 1.29 is 9.32 Å². The number of carbonyl (C=O) groups is 1. The molecule has 0 aliphatic carbocycles. The van der Waals surface area contributed by atoms with Crippen LogP contribution in [0.5, 0.6) is 0 Å². The van der Waals surface area contributed by atoms with Gasteiger partial charge in [-0.25, -0.2) is 0 Å². The molecule has 0 spiro atoms. The van der Waals surface area contributed by atoms with Crippen LogP contribution in [-0.4, -0.2) is 29.6 Å². The molecule has 0 atom stereocenters. The number of amides is 1. The first kappa shape index (κ1) is 10.1. The van der Waals surface area contributed by atoms with Gasteiger partial charge in [0.05, 0.1) is 11.8 Å². The molecule has 13 heavy (non-hydrogen) atoms. The molecule has 1 rings (SSSR count). The van der Waals surface area contributed by atoms with Gasteiger partial charge in [-0.05, 0) is 18.4 Å². The Kier molecular flexibility index (Phi) is 4.39. The predicted molar refractivity (Wildman–Crippen MR) is 51.8 cm³/mol. The molecular formula is C8H12N2O2S. The Morgan fingerprint density at radius 3 is 3.23 bits per heavy atom. The highest BCUT2D eigenvalue weighted by atomic mass is 32.2. The minimum Gasteiger partial charge on any atom is -0.364 e. The number of hydrogen-bond donors (Lipinski definition) is 1. The largest absolute Gasteiger partial charge is 0.364 e. The maximum absolute atomic E-state index is 11.3. The molecule has 0 saturated heterocycles. The van der Waals surface area contributed by atoms with Crippen molar-refractivity contribution in [1.29, 1.82) is 0 Å². The molecule has 0 bridgehead atoms. The SMILES string of the molecule is CSCCCNC(=O)c1cnoc1. The third-order valence-electron chi connectivity index (χ3n) is 1.51. The van der Waals surface area contributed by atoms with Gasteiger partial charge in [0.25, 0.3) is 5.91 Å². The fourth-order valence-electron chi connectivity index (χ4n) is 0.837. The average Bonchev–Trinajstić information content (AvgIpc) is 2.65. The van der Waals surface area contributed by atoms with Crippen LogP contribution in [0.2, 0.25) is 0 Å². The molecule has 1 amide bonds. The molecule has 5 heteroatoms. The fraction of sp³-hybridized carbons (Fsp3) is 0.500. The summed E-state index contributed by atoms with van der Waals surface area (Å²) in [5.74, 6) is 0.937. The number of carbonyl (C=O) groups excluding carboxylic acids is 1. The van der Waals surface area contributed by atoms with E-state index in [2.05, 4.69) is 15.0 Å². The van der Waals surface area contributed by atoms with Crippen molar-refractivity contribution in [2.75, 3.05) is 18.6 Å². The van der Waals surface area contributed by atoms with E-state index in [0.29, 0.717) is 12.1 Å². The summed E-state index contributed by atoms with van der Waals surface area (Å²) in [6, 6.07) is 0. The quantitative estimate of drug-likeness (QED) is 0.725. The van der Waals surface area contributed by atoms with Crippen LogP contribution in [0.25, 0.3) is 0 Å². The van der Waals surface area contributed by atoms with Gasteiger partial charge >= 0.3 is 0 Å². The molecule has 0 fully saturated rings. The molecular weight excluding hydrogens is 188 g/mol. The molecule has 1 N–H and O–H groups in total. The van der Waals surface area contributed by atoms with Crippen molar-refractivity contribution in [2.24, 2.45) is 0 Å². The van der Waals surface area contributed by atoms with E-state index < -0.39 is 0 Å². The monoisotopic (exact) mass is 200 g/mol. The molecule has 1 heterocycles. The van der Waals surface area contributed by atoms with Crippen molar-refractivity contribution in [2.45, 2.75) is 6.42 Å². The molecule has 0 aliphatic heterocycles. The van der Waals surface area contributed by atoms with Gasteiger partial charge in [-0.3, -0.25) is 4.79 Å².